The summed E-state index contributed by atoms with van der Waals surface area (Å²) >= 11 is 0. The molecule has 0 aromatic heterocycles. The van der Waals surface area contributed by atoms with Gasteiger partial charge in [-0.1, -0.05) is 12.8 Å². The fourth-order valence-electron chi connectivity index (χ4n) is 2.26. The average Bonchev–Trinajstić information content (AvgIpc) is 2.84. The van der Waals surface area contributed by atoms with Crippen LogP contribution in [0, 0.1) is 5.92 Å². The molecule has 1 saturated heterocycles. The van der Waals surface area contributed by atoms with Crippen LogP contribution in [0.5, 0.6) is 0 Å². The first-order chi connectivity index (χ1) is 6.24. The van der Waals surface area contributed by atoms with Crippen LogP contribution in [0.1, 0.15) is 39.0 Å². The largest absolute Gasteiger partial charge is 0.374 e. The summed E-state index contributed by atoms with van der Waals surface area (Å²) in [5.41, 5.74) is 2.93. The number of nitrogens with one attached hydrogen (secondary N) is 1. The van der Waals surface area contributed by atoms with Crippen LogP contribution in [0.25, 0.3) is 0 Å². The smallest absolute Gasteiger partial charge is 0.0821 e. The summed E-state index contributed by atoms with van der Waals surface area (Å²) in [6.07, 6.45) is 6.28. The van der Waals surface area contributed by atoms with Gasteiger partial charge in [-0.3, -0.25) is 11.3 Å². The van der Waals surface area contributed by atoms with Crippen LogP contribution in [0.15, 0.2) is 0 Å². The van der Waals surface area contributed by atoms with Crippen LogP contribution < -0.4 is 11.3 Å². The van der Waals surface area contributed by atoms with Gasteiger partial charge in [-0.25, -0.2) is 0 Å². The van der Waals surface area contributed by atoms with Gasteiger partial charge in [-0.2, -0.15) is 0 Å². The Morgan fingerprint density at radius 3 is 2.85 bits per heavy atom. The van der Waals surface area contributed by atoms with Crippen LogP contribution in [0.3, 0.4) is 0 Å². The van der Waals surface area contributed by atoms with Gasteiger partial charge in [0.15, 0.2) is 0 Å². The van der Waals surface area contributed by atoms with E-state index in [2.05, 4.69) is 12.3 Å². The maximum Gasteiger partial charge on any atom is 0.0821 e. The predicted molar refractivity (Wildman–Crippen MR) is 52.0 cm³/mol. The van der Waals surface area contributed by atoms with Crippen molar-refractivity contribution in [2.45, 2.75) is 50.7 Å². The van der Waals surface area contributed by atoms with Crippen LogP contribution in [-0.4, -0.2) is 18.2 Å². The van der Waals surface area contributed by atoms with E-state index in [-0.39, 0.29) is 5.60 Å². The van der Waals surface area contributed by atoms with Gasteiger partial charge in [-0.05, 0) is 32.1 Å². The molecule has 2 fully saturated rings. The maximum absolute atomic E-state index is 5.78. The van der Waals surface area contributed by atoms with Crippen LogP contribution in [0.4, 0.5) is 0 Å². The van der Waals surface area contributed by atoms with Gasteiger partial charge in [0.25, 0.3) is 0 Å². The van der Waals surface area contributed by atoms with Gasteiger partial charge in [0, 0.05) is 6.61 Å². The van der Waals surface area contributed by atoms with E-state index in [1.165, 1.54) is 25.7 Å². The summed E-state index contributed by atoms with van der Waals surface area (Å²) in [5.74, 6) is 6.49. The van der Waals surface area contributed by atoms with E-state index in [1.807, 2.05) is 0 Å². The fraction of sp³-hybridized carbons (Fsp3) is 1.00. The summed E-state index contributed by atoms with van der Waals surface area (Å²) in [6.45, 7) is 3.09. The number of hydrogen-bond acceptors (Lipinski definition) is 3. The van der Waals surface area contributed by atoms with Crippen molar-refractivity contribution in [1.29, 1.82) is 0 Å². The van der Waals surface area contributed by atoms with Crippen molar-refractivity contribution >= 4 is 0 Å². The zero-order valence-corrected chi connectivity index (χ0v) is 8.38. The molecule has 3 nitrogen and oxygen atoms in total. The van der Waals surface area contributed by atoms with Crippen molar-refractivity contribution in [1.82, 2.24) is 5.43 Å². The minimum Gasteiger partial charge on any atom is -0.374 e. The fourth-order valence-corrected chi connectivity index (χ4v) is 2.26. The van der Waals surface area contributed by atoms with Crippen LogP contribution in [0.2, 0.25) is 0 Å². The zero-order valence-electron chi connectivity index (χ0n) is 8.38. The molecule has 0 aromatic carbocycles. The molecule has 76 valence electrons. The molecular formula is C10H20N2O. The normalized spacial score (nSPS) is 36.5. The highest BCUT2D eigenvalue weighted by Crippen LogP contribution is 2.38. The van der Waals surface area contributed by atoms with Crippen LogP contribution in [-0.2, 0) is 4.74 Å². The first-order valence-corrected chi connectivity index (χ1v) is 5.35. The monoisotopic (exact) mass is 184 g/mol. The Morgan fingerprint density at radius 2 is 2.38 bits per heavy atom. The second kappa shape index (κ2) is 3.56. The molecule has 1 aliphatic carbocycles. The SMILES string of the molecule is CC1(C(CC2CC2)NN)CCCO1. The number of nitrogens with two attached hydrogens (primary N) is 1. The Hall–Kier alpha value is -0.120. The third-order valence-corrected chi connectivity index (χ3v) is 3.45. The Balaban J connectivity index is 1.92. The molecule has 2 aliphatic rings. The molecule has 2 atom stereocenters. The molecule has 13 heavy (non-hydrogen) atoms. The van der Waals surface area contributed by atoms with E-state index in [0.29, 0.717) is 6.04 Å². The molecule has 1 aliphatic heterocycles. The predicted octanol–water partition coefficient (Wildman–Crippen LogP) is 1.19. The van der Waals surface area contributed by atoms with Gasteiger partial charge in [0.1, 0.15) is 0 Å². The van der Waals surface area contributed by atoms with Gasteiger partial charge >= 0.3 is 0 Å². The van der Waals surface area contributed by atoms with E-state index in [0.717, 1.165) is 18.9 Å². The number of rotatable bonds is 4. The van der Waals surface area contributed by atoms with E-state index in [1.54, 1.807) is 0 Å². The summed E-state index contributed by atoms with van der Waals surface area (Å²) in [4.78, 5) is 0. The quantitative estimate of drug-likeness (QED) is 0.509. The highest BCUT2D eigenvalue weighted by atomic mass is 16.5. The number of hydrogen-bond donors (Lipinski definition) is 2. The number of hydrazine groups is 1. The van der Waals surface area contributed by atoms with E-state index in [4.69, 9.17) is 10.6 Å². The molecule has 0 amide bonds. The lowest BCUT2D eigenvalue weighted by Crippen LogP contribution is -2.51. The Labute approximate surface area is 80.0 Å². The molecule has 0 aromatic rings. The Morgan fingerprint density at radius 1 is 1.62 bits per heavy atom. The summed E-state index contributed by atoms with van der Waals surface area (Å²) in [7, 11) is 0. The second-order valence-electron chi connectivity index (χ2n) is 4.66. The molecule has 1 saturated carbocycles. The molecule has 0 radical (unpaired) electrons. The molecule has 3 N–H and O–H groups in total. The highest BCUT2D eigenvalue weighted by molar-refractivity contribution is 4.94. The third-order valence-electron chi connectivity index (χ3n) is 3.45. The lowest BCUT2D eigenvalue weighted by atomic mass is 9.90. The summed E-state index contributed by atoms with van der Waals surface area (Å²) in [6, 6.07) is 0.350. The van der Waals surface area contributed by atoms with Crippen molar-refractivity contribution < 1.29 is 4.74 Å². The third kappa shape index (κ3) is 2.03. The van der Waals surface area contributed by atoms with Crippen molar-refractivity contribution in [2.24, 2.45) is 11.8 Å². The van der Waals surface area contributed by atoms with Crippen LogP contribution >= 0.6 is 0 Å². The average molecular weight is 184 g/mol. The topological polar surface area (TPSA) is 47.3 Å². The molecule has 3 heteroatoms. The molecule has 0 bridgehead atoms. The standard InChI is InChI=1S/C10H20N2O/c1-10(5-2-6-13-10)9(12-11)7-8-3-4-8/h8-9,12H,2-7,11H2,1H3. The zero-order chi connectivity index (χ0) is 9.31. The van der Waals surface area contributed by atoms with Gasteiger partial charge in [0.05, 0.1) is 11.6 Å². The molecular weight excluding hydrogens is 164 g/mol. The second-order valence-corrected chi connectivity index (χ2v) is 4.66. The lowest BCUT2D eigenvalue weighted by Gasteiger charge is -2.32. The van der Waals surface area contributed by atoms with E-state index < -0.39 is 0 Å². The Bertz CT molecular complexity index is 174. The molecule has 2 unspecified atom stereocenters. The minimum atomic E-state index is -0.00264. The van der Waals surface area contributed by atoms with Crippen molar-refractivity contribution in [3.05, 3.63) is 0 Å². The van der Waals surface area contributed by atoms with E-state index >= 15 is 0 Å². The lowest BCUT2D eigenvalue weighted by molar-refractivity contribution is -0.0153. The van der Waals surface area contributed by atoms with Crippen molar-refractivity contribution in [3.63, 3.8) is 0 Å². The van der Waals surface area contributed by atoms with Crippen molar-refractivity contribution in [3.8, 4) is 0 Å². The van der Waals surface area contributed by atoms with E-state index in [9.17, 15) is 0 Å². The maximum atomic E-state index is 5.78. The highest BCUT2D eigenvalue weighted by Gasteiger charge is 2.40. The first-order valence-electron chi connectivity index (χ1n) is 5.35. The Kier molecular flexibility index (Phi) is 2.58. The summed E-state index contributed by atoms with van der Waals surface area (Å²) in [5, 5.41) is 0. The first kappa shape index (κ1) is 9.44. The number of ether oxygens (including phenoxy) is 1. The molecule has 2 rings (SSSR count). The van der Waals surface area contributed by atoms with Gasteiger partial charge in [0.2, 0.25) is 0 Å². The van der Waals surface area contributed by atoms with Crippen molar-refractivity contribution in [2.75, 3.05) is 6.61 Å². The van der Waals surface area contributed by atoms with Gasteiger partial charge in [-0.15, -0.1) is 0 Å². The van der Waals surface area contributed by atoms with Gasteiger partial charge < -0.3 is 4.74 Å². The summed E-state index contributed by atoms with van der Waals surface area (Å²) < 4.78 is 5.78. The minimum absolute atomic E-state index is 0.00264. The molecule has 1 heterocycles. The molecule has 0 spiro atoms.